The quantitative estimate of drug-likeness (QED) is 0.246. The number of Topliss-reactive ketones (excluding diaryl/α,β-unsaturated/α-hetero) is 1. The molecule has 0 bridgehead atoms. The third kappa shape index (κ3) is 12.4. The van der Waals surface area contributed by atoms with Crippen LogP contribution in [-0.2, 0) is 14.3 Å². The van der Waals surface area contributed by atoms with Crippen molar-refractivity contribution >= 4 is 41.2 Å². The Bertz CT molecular complexity index is 844. The predicted molar refractivity (Wildman–Crippen MR) is 131 cm³/mol. The van der Waals surface area contributed by atoms with Gasteiger partial charge in [-0.2, -0.15) is 0 Å². The predicted octanol–water partition coefficient (Wildman–Crippen LogP) is 4.63. The molecular formula is C24H36ClN3O6. The van der Waals surface area contributed by atoms with Crippen molar-refractivity contribution in [2.75, 3.05) is 17.7 Å². The molecule has 0 aromatic heterocycles. The highest BCUT2D eigenvalue weighted by Gasteiger charge is 2.24. The van der Waals surface area contributed by atoms with E-state index >= 15 is 0 Å². The maximum absolute atomic E-state index is 12.9. The maximum Gasteiger partial charge on any atom is 0.408 e. The fraction of sp³-hybridized carbons (Fsp3) is 0.583. The molecule has 9 nitrogen and oxygen atoms in total. The number of ketones is 1. The largest absolute Gasteiger partial charge is 0.444 e. The summed E-state index contributed by atoms with van der Waals surface area (Å²) in [5.41, 5.74) is -0.388. The third-order valence-corrected chi connectivity index (χ3v) is 4.43. The van der Waals surface area contributed by atoms with Crippen LogP contribution in [0.15, 0.2) is 24.3 Å². The number of ether oxygens (including phenoxy) is 2. The van der Waals surface area contributed by atoms with Gasteiger partial charge in [-0.25, -0.2) is 9.59 Å². The van der Waals surface area contributed by atoms with Crippen LogP contribution >= 0.6 is 11.6 Å². The summed E-state index contributed by atoms with van der Waals surface area (Å²) < 4.78 is 10.5. The zero-order valence-electron chi connectivity index (χ0n) is 20.7. The Balaban J connectivity index is 2.70. The fourth-order valence-corrected chi connectivity index (χ4v) is 2.90. The van der Waals surface area contributed by atoms with Crippen LogP contribution in [-0.4, -0.2) is 53.5 Å². The Labute approximate surface area is 206 Å². The van der Waals surface area contributed by atoms with E-state index in [1.54, 1.807) is 65.8 Å². The lowest BCUT2D eigenvalue weighted by molar-refractivity contribution is -0.118. The molecule has 0 aliphatic rings. The summed E-state index contributed by atoms with van der Waals surface area (Å²) in [5, 5.41) is 8.00. The lowest BCUT2D eigenvalue weighted by atomic mass is 10.1. The number of carbonyl (C=O) groups excluding carboxylic acids is 4. The van der Waals surface area contributed by atoms with Gasteiger partial charge in [0.05, 0.1) is 5.88 Å². The number of rotatable bonds is 10. The zero-order valence-corrected chi connectivity index (χ0v) is 21.5. The Hall–Kier alpha value is -2.81. The first-order valence-corrected chi connectivity index (χ1v) is 11.7. The van der Waals surface area contributed by atoms with E-state index in [2.05, 4.69) is 16.0 Å². The van der Waals surface area contributed by atoms with Gasteiger partial charge in [0.1, 0.15) is 17.2 Å². The van der Waals surface area contributed by atoms with E-state index < -0.39 is 35.3 Å². The Morgan fingerprint density at radius 3 is 1.97 bits per heavy atom. The van der Waals surface area contributed by atoms with E-state index in [0.717, 1.165) is 0 Å². The molecule has 1 rings (SSSR count). The Kier molecular flexibility index (Phi) is 11.3. The van der Waals surface area contributed by atoms with Crippen LogP contribution < -0.4 is 16.0 Å². The number of alkyl carbamates (subject to hydrolysis) is 2. The molecule has 1 unspecified atom stereocenters. The molecule has 10 heteroatoms. The van der Waals surface area contributed by atoms with Crippen LogP contribution in [0.5, 0.6) is 0 Å². The standard InChI is InChI=1S/C24H36ClN3O6/c1-23(2,3)33-21(31)26-14-8-7-9-18(28-22(32)34-24(4,5)6)20(30)27-17-12-10-16(11-13-17)19(29)15-25/h10-13,18H,7-9,14-15H2,1-6H3,(H,26,31)(H,27,30)(H,28,32). The molecule has 0 radical (unpaired) electrons. The van der Waals surface area contributed by atoms with Gasteiger partial charge >= 0.3 is 12.2 Å². The summed E-state index contributed by atoms with van der Waals surface area (Å²) in [5.74, 6) is -0.775. The minimum absolute atomic E-state index is 0.129. The van der Waals surface area contributed by atoms with E-state index in [1.165, 1.54) is 0 Å². The van der Waals surface area contributed by atoms with Crippen LogP contribution in [0.2, 0.25) is 0 Å². The molecule has 0 saturated heterocycles. The van der Waals surface area contributed by atoms with Crippen LogP contribution in [0.25, 0.3) is 0 Å². The molecule has 0 heterocycles. The monoisotopic (exact) mass is 497 g/mol. The van der Waals surface area contributed by atoms with E-state index in [1.807, 2.05) is 0 Å². The summed E-state index contributed by atoms with van der Waals surface area (Å²) in [6, 6.07) is 5.46. The SMILES string of the molecule is CC(C)(C)OC(=O)NCCCCC(NC(=O)OC(C)(C)C)C(=O)Nc1ccc(C(=O)CCl)cc1. The van der Waals surface area contributed by atoms with Gasteiger partial charge in [0, 0.05) is 17.8 Å². The first-order chi connectivity index (χ1) is 15.7. The average molecular weight is 498 g/mol. The number of alkyl halides is 1. The number of nitrogens with one attached hydrogen (secondary N) is 3. The lowest BCUT2D eigenvalue weighted by Gasteiger charge is -2.23. The second kappa shape index (κ2) is 13.2. The summed E-state index contributed by atoms with van der Waals surface area (Å²) >= 11 is 5.56. The molecule has 190 valence electrons. The highest BCUT2D eigenvalue weighted by Crippen LogP contribution is 2.14. The van der Waals surface area contributed by atoms with E-state index in [9.17, 15) is 19.2 Å². The molecule has 0 fully saturated rings. The number of unbranched alkanes of at least 4 members (excludes halogenated alkanes) is 1. The van der Waals surface area contributed by atoms with Crippen LogP contribution in [0.4, 0.5) is 15.3 Å². The molecule has 0 aliphatic carbocycles. The molecule has 3 N–H and O–H groups in total. The number of amides is 3. The smallest absolute Gasteiger partial charge is 0.408 e. The van der Waals surface area contributed by atoms with Crippen LogP contribution in [0.1, 0.15) is 71.2 Å². The topological polar surface area (TPSA) is 123 Å². The van der Waals surface area contributed by atoms with E-state index in [-0.39, 0.29) is 11.7 Å². The van der Waals surface area contributed by atoms with Gasteiger partial charge in [-0.05, 0) is 85.1 Å². The van der Waals surface area contributed by atoms with E-state index in [0.29, 0.717) is 37.1 Å². The van der Waals surface area contributed by atoms with Gasteiger partial charge in [0.15, 0.2) is 5.78 Å². The first-order valence-electron chi connectivity index (χ1n) is 11.2. The number of benzene rings is 1. The summed E-state index contributed by atoms with van der Waals surface area (Å²) in [6.07, 6.45) is 0.234. The van der Waals surface area contributed by atoms with Crippen molar-refractivity contribution in [3.8, 4) is 0 Å². The van der Waals surface area contributed by atoms with Gasteiger partial charge in [-0.3, -0.25) is 9.59 Å². The highest BCUT2D eigenvalue weighted by atomic mass is 35.5. The average Bonchev–Trinajstić information content (AvgIpc) is 2.69. The molecule has 3 amide bonds. The fourth-order valence-electron chi connectivity index (χ4n) is 2.74. The van der Waals surface area contributed by atoms with Crippen molar-refractivity contribution in [1.29, 1.82) is 0 Å². The molecule has 0 aliphatic heterocycles. The van der Waals surface area contributed by atoms with Gasteiger partial charge < -0.3 is 25.4 Å². The summed E-state index contributed by atoms with van der Waals surface area (Å²) in [4.78, 5) is 48.5. The Morgan fingerprint density at radius 2 is 1.44 bits per heavy atom. The number of anilines is 1. The summed E-state index contributed by atoms with van der Waals surface area (Å²) in [6.45, 7) is 10.9. The van der Waals surface area contributed by atoms with Crippen molar-refractivity contribution in [2.24, 2.45) is 0 Å². The van der Waals surface area contributed by atoms with Crippen molar-refractivity contribution in [3.63, 3.8) is 0 Å². The minimum atomic E-state index is -0.861. The molecule has 1 aromatic carbocycles. The lowest BCUT2D eigenvalue weighted by Crippen LogP contribution is -2.45. The van der Waals surface area contributed by atoms with Crippen molar-refractivity contribution < 1.29 is 28.7 Å². The molecule has 0 spiro atoms. The van der Waals surface area contributed by atoms with E-state index in [4.69, 9.17) is 21.1 Å². The van der Waals surface area contributed by atoms with Crippen molar-refractivity contribution in [2.45, 2.75) is 78.0 Å². The Morgan fingerprint density at radius 1 is 0.882 bits per heavy atom. The van der Waals surface area contributed by atoms with Crippen molar-refractivity contribution in [1.82, 2.24) is 10.6 Å². The molecule has 1 atom stereocenters. The number of halogens is 1. The first kappa shape index (κ1) is 29.2. The van der Waals surface area contributed by atoms with Gasteiger partial charge in [-0.1, -0.05) is 0 Å². The summed E-state index contributed by atoms with van der Waals surface area (Å²) in [7, 11) is 0. The number of hydrogen-bond acceptors (Lipinski definition) is 6. The molecule has 34 heavy (non-hydrogen) atoms. The highest BCUT2D eigenvalue weighted by molar-refractivity contribution is 6.30. The molecule has 1 aromatic rings. The second-order valence-corrected chi connectivity index (χ2v) is 10.0. The van der Waals surface area contributed by atoms with Crippen LogP contribution in [0, 0.1) is 0 Å². The second-order valence-electron chi connectivity index (χ2n) is 9.75. The van der Waals surface area contributed by atoms with Gasteiger partial charge in [-0.15, -0.1) is 11.6 Å². The molecular weight excluding hydrogens is 462 g/mol. The third-order valence-electron chi connectivity index (χ3n) is 4.19. The van der Waals surface area contributed by atoms with Crippen LogP contribution in [0.3, 0.4) is 0 Å². The maximum atomic E-state index is 12.9. The number of carbonyl (C=O) groups is 4. The number of hydrogen-bond donors (Lipinski definition) is 3. The van der Waals surface area contributed by atoms with Crippen molar-refractivity contribution in [3.05, 3.63) is 29.8 Å². The molecule has 0 saturated carbocycles. The van der Waals surface area contributed by atoms with Gasteiger partial charge in [0.25, 0.3) is 0 Å². The van der Waals surface area contributed by atoms with Gasteiger partial charge in [0.2, 0.25) is 5.91 Å². The zero-order chi connectivity index (χ0) is 25.9. The minimum Gasteiger partial charge on any atom is -0.444 e. The normalized spacial score (nSPS) is 12.3.